The quantitative estimate of drug-likeness (QED) is 0.671. The molecule has 94 valence electrons. The van der Waals surface area contributed by atoms with E-state index in [1.807, 2.05) is 0 Å². The predicted molar refractivity (Wildman–Crippen MR) is 73.2 cm³/mol. The van der Waals surface area contributed by atoms with Crippen molar-refractivity contribution < 1.29 is 4.74 Å². The van der Waals surface area contributed by atoms with Crippen LogP contribution in [0.15, 0.2) is 0 Å². The maximum absolute atomic E-state index is 6.17. The highest BCUT2D eigenvalue weighted by molar-refractivity contribution is 6.17. The summed E-state index contributed by atoms with van der Waals surface area (Å²) in [6, 6.07) is 0. The highest BCUT2D eigenvalue weighted by Gasteiger charge is 2.30. The van der Waals surface area contributed by atoms with Crippen LogP contribution in [-0.2, 0) is 12.3 Å². The Morgan fingerprint density at radius 1 is 1.12 bits per heavy atom. The van der Waals surface area contributed by atoms with Gasteiger partial charge in [-0.25, -0.2) is 0 Å². The molecule has 0 N–H and O–H groups in total. The van der Waals surface area contributed by atoms with Crippen LogP contribution >= 0.6 is 11.6 Å². The summed E-state index contributed by atoms with van der Waals surface area (Å²) in [6.07, 6.45) is 2.17. The summed E-state index contributed by atoms with van der Waals surface area (Å²) < 4.78 is 6.17. The average molecular weight is 253 g/mol. The minimum absolute atomic E-state index is 0.0425. The van der Waals surface area contributed by atoms with Crippen LogP contribution in [0.3, 0.4) is 0 Å². The molecule has 0 bridgehead atoms. The van der Waals surface area contributed by atoms with Gasteiger partial charge in [-0.3, -0.25) is 0 Å². The van der Waals surface area contributed by atoms with Gasteiger partial charge in [0.05, 0.1) is 0 Å². The van der Waals surface area contributed by atoms with Crippen LogP contribution in [0.1, 0.15) is 48.1 Å². The monoisotopic (exact) mass is 252 g/mol. The van der Waals surface area contributed by atoms with Gasteiger partial charge in [-0.1, -0.05) is 0 Å². The average Bonchev–Trinajstić information content (AvgIpc) is 2.26. The van der Waals surface area contributed by atoms with Crippen molar-refractivity contribution in [3.05, 3.63) is 27.8 Å². The molecule has 0 fully saturated rings. The molecule has 1 aromatic carbocycles. The molecule has 1 aliphatic rings. The highest BCUT2D eigenvalue weighted by Crippen LogP contribution is 2.41. The fourth-order valence-corrected chi connectivity index (χ4v) is 3.05. The Bertz CT molecular complexity index is 461. The summed E-state index contributed by atoms with van der Waals surface area (Å²) in [5, 5.41) is 0. The largest absolute Gasteiger partial charge is 0.487 e. The molecular weight excluding hydrogens is 232 g/mol. The number of hydrogen-bond donors (Lipinski definition) is 0. The van der Waals surface area contributed by atoms with Crippen LogP contribution < -0.4 is 4.74 Å². The molecule has 1 heterocycles. The van der Waals surface area contributed by atoms with Gasteiger partial charge in [0.2, 0.25) is 0 Å². The summed E-state index contributed by atoms with van der Waals surface area (Å²) in [7, 11) is 0. The van der Waals surface area contributed by atoms with Crippen molar-refractivity contribution in [2.75, 3.05) is 0 Å². The molecular formula is C15H21ClO. The summed E-state index contributed by atoms with van der Waals surface area (Å²) in [4.78, 5) is 0. The number of rotatable bonds is 1. The van der Waals surface area contributed by atoms with E-state index < -0.39 is 0 Å². The van der Waals surface area contributed by atoms with Crippen molar-refractivity contribution in [3.63, 3.8) is 0 Å². The molecule has 0 aliphatic carbocycles. The van der Waals surface area contributed by atoms with Crippen LogP contribution in [0.25, 0.3) is 0 Å². The lowest BCUT2D eigenvalue weighted by molar-refractivity contribution is 0.0833. The number of alkyl halides is 1. The Morgan fingerprint density at radius 2 is 1.76 bits per heavy atom. The van der Waals surface area contributed by atoms with Gasteiger partial charge in [-0.05, 0) is 75.3 Å². The zero-order chi connectivity index (χ0) is 12.8. The molecule has 0 saturated carbocycles. The standard InChI is InChI=1S/C15H21ClO/c1-9-10(2)14-12(11(3)13(9)8-16)6-7-15(4,5)17-14/h6-8H2,1-5H3. The van der Waals surface area contributed by atoms with Gasteiger partial charge >= 0.3 is 0 Å². The molecule has 17 heavy (non-hydrogen) atoms. The van der Waals surface area contributed by atoms with Gasteiger partial charge in [0, 0.05) is 5.88 Å². The highest BCUT2D eigenvalue weighted by atomic mass is 35.5. The molecule has 0 unspecified atom stereocenters. The van der Waals surface area contributed by atoms with Crippen molar-refractivity contribution in [2.45, 2.75) is 58.9 Å². The summed E-state index contributed by atoms with van der Waals surface area (Å²) >= 11 is 6.07. The summed E-state index contributed by atoms with van der Waals surface area (Å²) in [5.74, 6) is 1.69. The van der Waals surface area contributed by atoms with Crippen LogP contribution in [0, 0.1) is 20.8 Å². The Hall–Kier alpha value is -0.690. The Labute approximate surface area is 109 Å². The zero-order valence-corrected chi connectivity index (χ0v) is 12.2. The van der Waals surface area contributed by atoms with Crippen LogP contribution in [0.2, 0.25) is 0 Å². The fourth-order valence-electron chi connectivity index (χ4n) is 2.65. The topological polar surface area (TPSA) is 9.23 Å². The van der Waals surface area contributed by atoms with Crippen LogP contribution in [0.4, 0.5) is 0 Å². The second-order valence-electron chi connectivity index (χ2n) is 5.66. The van der Waals surface area contributed by atoms with E-state index in [1.165, 1.54) is 27.8 Å². The Morgan fingerprint density at radius 3 is 2.35 bits per heavy atom. The Balaban J connectivity index is 2.64. The first-order chi connectivity index (χ1) is 7.87. The van der Waals surface area contributed by atoms with E-state index in [1.54, 1.807) is 0 Å². The number of ether oxygens (including phenoxy) is 1. The molecule has 0 amide bonds. The van der Waals surface area contributed by atoms with E-state index in [4.69, 9.17) is 16.3 Å². The second kappa shape index (κ2) is 4.20. The maximum Gasteiger partial charge on any atom is 0.126 e. The lowest BCUT2D eigenvalue weighted by Gasteiger charge is -2.35. The van der Waals surface area contributed by atoms with E-state index in [9.17, 15) is 0 Å². The molecule has 1 aliphatic heterocycles. The van der Waals surface area contributed by atoms with Crippen molar-refractivity contribution in [1.29, 1.82) is 0 Å². The van der Waals surface area contributed by atoms with Crippen molar-refractivity contribution in [1.82, 2.24) is 0 Å². The molecule has 0 atom stereocenters. The number of fused-ring (bicyclic) bond motifs is 1. The third-order valence-electron chi connectivity index (χ3n) is 4.02. The molecule has 0 saturated heterocycles. The van der Waals surface area contributed by atoms with Gasteiger partial charge in [0.15, 0.2) is 0 Å². The van der Waals surface area contributed by atoms with Crippen LogP contribution in [0.5, 0.6) is 5.75 Å². The van der Waals surface area contributed by atoms with Gasteiger partial charge in [0.1, 0.15) is 11.4 Å². The van der Waals surface area contributed by atoms with Gasteiger partial charge in [0.25, 0.3) is 0 Å². The van der Waals surface area contributed by atoms with Crippen molar-refractivity contribution in [3.8, 4) is 5.75 Å². The number of benzene rings is 1. The third kappa shape index (κ3) is 2.06. The summed E-state index contributed by atoms with van der Waals surface area (Å²) in [5.41, 5.74) is 6.48. The first-order valence-corrected chi connectivity index (χ1v) is 6.77. The molecule has 0 aromatic heterocycles. The molecule has 0 spiro atoms. The maximum atomic E-state index is 6.17. The fraction of sp³-hybridized carbons (Fsp3) is 0.600. The molecule has 0 radical (unpaired) electrons. The molecule has 2 heteroatoms. The van der Waals surface area contributed by atoms with E-state index in [0.29, 0.717) is 5.88 Å². The lowest BCUT2D eigenvalue weighted by Crippen LogP contribution is -2.33. The minimum atomic E-state index is -0.0425. The van der Waals surface area contributed by atoms with E-state index >= 15 is 0 Å². The first-order valence-electron chi connectivity index (χ1n) is 6.24. The van der Waals surface area contributed by atoms with Crippen molar-refractivity contribution in [2.24, 2.45) is 0 Å². The van der Waals surface area contributed by atoms with Gasteiger partial charge < -0.3 is 4.74 Å². The van der Waals surface area contributed by atoms with Gasteiger partial charge in [-0.2, -0.15) is 0 Å². The number of hydrogen-bond acceptors (Lipinski definition) is 1. The van der Waals surface area contributed by atoms with Gasteiger partial charge in [-0.15, -0.1) is 11.6 Å². The van der Waals surface area contributed by atoms with E-state index in [0.717, 1.165) is 18.6 Å². The first kappa shape index (κ1) is 12.8. The van der Waals surface area contributed by atoms with Crippen molar-refractivity contribution >= 4 is 11.6 Å². The van der Waals surface area contributed by atoms with E-state index in [2.05, 4.69) is 34.6 Å². The SMILES string of the molecule is Cc1c(C)c2c(c(C)c1CCl)CCC(C)(C)O2. The predicted octanol–water partition coefficient (Wildman–Crippen LogP) is 4.45. The van der Waals surface area contributed by atoms with Crippen LogP contribution in [-0.4, -0.2) is 5.60 Å². The minimum Gasteiger partial charge on any atom is -0.487 e. The molecule has 1 nitrogen and oxygen atoms in total. The number of halogens is 1. The normalized spacial score (nSPS) is 17.5. The third-order valence-corrected chi connectivity index (χ3v) is 4.29. The van der Waals surface area contributed by atoms with E-state index in [-0.39, 0.29) is 5.60 Å². The zero-order valence-electron chi connectivity index (χ0n) is 11.4. The summed E-state index contributed by atoms with van der Waals surface area (Å²) in [6.45, 7) is 10.8. The smallest absolute Gasteiger partial charge is 0.126 e. The lowest BCUT2D eigenvalue weighted by atomic mass is 9.86. The molecule has 1 aromatic rings. The Kier molecular flexibility index (Phi) is 3.15. The second-order valence-corrected chi connectivity index (χ2v) is 5.92. The molecule has 2 rings (SSSR count).